The third kappa shape index (κ3) is 4.11. The molecule has 1 heterocycles. The molecule has 0 atom stereocenters. The lowest BCUT2D eigenvalue weighted by Gasteiger charge is -2.07. The Balaban J connectivity index is 1.97. The summed E-state index contributed by atoms with van der Waals surface area (Å²) >= 11 is 0. The van der Waals surface area contributed by atoms with Crippen molar-refractivity contribution in [2.45, 2.75) is 59.0 Å². The van der Waals surface area contributed by atoms with Gasteiger partial charge in [-0.1, -0.05) is 39.2 Å². The molecule has 20 heavy (non-hydrogen) atoms. The van der Waals surface area contributed by atoms with Crippen LogP contribution in [0, 0.1) is 0 Å². The van der Waals surface area contributed by atoms with Gasteiger partial charge in [0.2, 0.25) is 0 Å². The quantitative estimate of drug-likeness (QED) is 0.653. The van der Waals surface area contributed by atoms with Crippen molar-refractivity contribution in [1.82, 2.24) is 9.88 Å². The van der Waals surface area contributed by atoms with Crippen LogP contribution in [0.4, 0.5) is 0 Å². The number of hydrogen-bond donors (Lipinski definition) is 1. The molecule has 2 aromatic rings. The van der Waals surface area contributed by atoms with Crippen LogP contribution in [0.15, 0.2) is 30.5 Å². The molecule has 0 spiro atoms. The first-order chi connectivity index (χ1) is 9.85. The number of unbranched alkanes of at least 4 members (excludes halogenated alkanes) is 3. The Morgan fingerprint density at radius 3 is 2.70 bits per heavy atom. The van der Waals surface area contributed by atoms with Crippen LogP contribution in [0.3, 0.4) is 0 Å². The van der Waals surface area contributed by atoms with E-state index in [-0.39, 0.29) is 0 Å². The molecular weight excluding hydrogens is 244 g/mol. The first kappa shape index (κ1) is 15.1. The number of nitrogens with one attached hydrogen (secondary N) is 1. The Labute approximate surface area is 123 Å². The minimum absolute atomic E-state index is 0.978. The van der Waals surface area contributed by atoms with E-state index in [1.807, 2.05) is 0 Å². The highest BCUT2D eigenvalue weighted by molar-refractivity contribution is 5.80. The summed E-state index contributed by atoms with van der Waals surface area (Å²) in [5.41, 5.74) is 2.76. The number of hydrogen-bond acceptors (Lipinski definition) is 1. The zero-order valence-electron chi connectivity index (χ0n) is 13.0. The van der Waals surface area contributed by atoms with Gasteiger partial charge in [-0.3, -0.25) is 0 Å². The normalized spacial score (nSPS) is 11.3. The van der Waals surface area contributed by atoms with Crippen molar-refractivity contribution in [2.24, 2.45) is 0 Å². The molecule has 1 N–H and O–H groups in total. The third-order valence-corrected chi connectivity index (χ3v) is 3.84. The van der Waals surface area contributed by atoms with Crippen molar-refractivity contribution in [3.05, 3.63) is 36.0 Å². The second-order valence-corrected chi connectivity index (χ2v) is 5.64. The summed E-state index contributed by atoms with van der Waals surface area (Å²) < 4.78 is 2.40. The summed E-state index contributed by atoms with van der Waals surface area (Å²) in [6.07, 6.45) is 8.72. The molecule has 0 radical (unpaired) electrons. The number of benzene rings is 1. The minimum atomic E-state index is 0.978. The maximum absolute atomic E-state index is 3.46. The van der Waals surface area contributed by atoms with Gasteiger partial charge < -0.3 is 9.88 Å². The topological polar surface area (TPSA) is 17.0 Å². The average Bonchev–Trinajstić information content (AvgIpc) is 2.86. The van der Waals surface area contributed by atoms with Crippen LogP contribution < -0.4 is 5.32 Å². The highest BCUT2D eigenvalue weighted by atomic mass is 14.9. The molecule has 0 aliphatic rings. The van der Waals surface area contributed by atoms with Crippen LogP contribution in [0.1, 0.15) is 51.5 Å². The van der Waals surface area contributed by atoms with Crippen molar-refractivity contribution in [3.8, 4) is 0 Å². The van der Waals surface area contributed by atoms with E-state index in [0.29, 0.717) is 0 Å². The van der Waals surface area contributed by atoms with E-state index in [4.69, 9.17) is 0 Å². The fourth-order valence-electron chi connectivity index (χ4n) is 2.67. The van der Waals surface area contributed by atoms with Crippen molar-refractivity contribution < 1.29 is 0 Å². The third-order valence-electron chi connectivity index (χ3n) is 3.84. The molecule has 2 nitrogen and oxygen atoms in total. The molecule has 1 aromatic carbocycles. The van der Waals surface area contributed by atoms with Crippen molar-refractivity contribution in [3.63, 3.8) is 0 Å². The highest BCUT2D eigenvalue weighted by Crippen LogP contribution is 2.18. The van der Waals surface area contributed by atoms with Crippen LogP contribution in [0.5, 0.6) is 0 Å². The van der Waals surface area contributed by atoms with Gasteiger partial charge in [-0.15, -0.1) is 0 Å². The maximum Gasteiger partial charge on any atom is 0.0480 e. The zero-order chi connectivity index (χ0) is 14.2. The van der Waals surface area contributed by atoms with E-state index >= 15 is 0 Å². The Bertz CT molecular complexity index is 513. The molecule has 110 valence electrons. The van der Waals surface area contributed by atoms with Gasteiger partial charge in [0.25, 0.3) is 0 Å². The summed E-state index contributed by atoms with van der Waals surface area (Å²) in [4.78, 5) is 0. The van der Waals surface area contributed by atoms with Gasteiger partial charge >= 0.3 is 0 Å². The molecule has 0 fully saturated rings. The fourth-order valence-corrected chi connectivity index (χ4v) is 2.67. The molecule has 2 heteroatoms. The molecular formula is C18H28N2. The lowest BCUT2D eigenvalue weighted by atomic mass is 10.1. The van der Waals surface area contributed by atoms with Gasteiger partial charge in [-0.05, 0) is 48.5 Å². The van der Waals surface area contributed by atoms with Gasteiger partial charge in [-0.2, -0.15) is 0 Å². The van der Waals surface area contributed by atoms with Crippen molar-refractivity contribution in [2.75, 3.05) is 6.54 Å². The molecule has 0 bridgehead atoms. The standard InChI is InChI=1S/C18H28N2/c1-3-5-6-7-12-20-13-10-17-14-16(8-9-18(17)20)15-19-11-4-2/h8-10,13-14,19H,3-7,11-12,15H2,1-2H3. The Morgan fingerprint density at radius 2 is 1.90 bits per heavy atom. The van der Waals surface area contributed by atoms with Crippen LogP contribution in [0.2, 0.25) is 0 Å². The Kier molecular flexibility index (Phi) is 6.13. The second-order valence-electron chi connectivity index (χ2n) is 5.64. The SMILES string of the molecule is CCCCCCn1ccc2cc(CNCCC)ccc21. The van der Waals surface area contributed by atoms with E-state index < -0.39 is 0 Å². The number of fused-ring (bicyclic) bond motifs is 1. The first-order valence-corrected chi connectivity index (χ1v) is 8.13. The molecule has 0 aliphatic carbocycles. The molecule has 0 saturated carbocycles. The van der Waals surface area contributed by atoms with E-state index in [0.717, 1.165) is 19.6 Å². The monoisotopic (exact) mass is 272 g/mol. The van der Waals surface area contributed by atoms with Gasteiger partial charge in [0.1, 0.15) is 0 Å². The van der Waals surface area contributed by atoms with E-state index in [1.165, 1.54) is 48.6 Å². The molecule has 0 unspecified atom stereocenters. The van der Waals surface area contributed by atoms with Gasteiger partial charge in [0, 0.05) is 24.8 Å². The number of aryl methyl sites for hydroxylation is 1. The lowest BCUT2D eigenvalue weighted by Crippen LogP contribution is -2.13. The predicted octanol–water partition coefficient (Wildman–Crippen LogP) is 4.72. The Morgan fingerprint density at radius 1 is 1.00 bits per heavy atom. The van der Waals surface area contributed by atoms with Crippen LogP contribution in [0.25, 0.3) is 10.9 Å². The van der Waals surface area contributed by atoms with Gasteiger partial charge in [0.05, 0.1) is 0 Å². The van der Waals surface area contributed by atoms with Crippen molar-refractivity contribution in [1.29, 1.82) is 0 Å². The van der Waals surface area contributed by atoms with Gasteiger partial charge in [0.15, 0.2) is 0 Å². The Hall–Kier alpha value is -1.28. The summed E-state index contributed by atoms with van der Waals surface area (Å²) in [5.74, 6) is 0. The largest absolute Gasteiger partial charge is 0.347 e. The summed E-state index contributed by atoms with van der Waals surface area (Å²) in [6.45, 7) is 7.69. The molecule has 0 aliphatic heterocycles. The van der Waals surface area contributed by atoms with Crippen LogP contribution >= 0.6 is 0 Å². The molecule has 0 saturated heterocycles. The van der Waals surface area contributed by atoms with Crippen LogP contribution in [-0.2, 0) is 13.1 Å². The smallest absolute Gasteiger partial charge is 0.0480 e. The summed E-state index contributed by atoms with van der Waals surface area (Å²) in [7, 11) is 0. The molecule has 1 aromatic heterocycles. The van der Waals surface area contributed by atoms with E-state index in [9.17, 15) is 0 Å². The molecule has 0 amide bonds. The van der Waals surface area contributed by atoms with E-state index in [2.05, 4.69) is 54.2 Å². The summed E-state index contributed by atoms with van der Waals surface area (Å²) in [5, 5.41) is 4.84. The number of rotatable bonds is 9. The first-order valence-electron chi connectivity index (χ1n) is 8.13. The number of nitrogens with zero attached hydrogens (tertiary/aromatic N) is 1. The predicted molar refractivity (Wildman–Crippen MR) is 88.1 cm³/mol. The molecule has 2 rings (SSSR count). The zero-order valence-corrected chi connectivity index (χ0v) is 13.0. The highest BCUT2D eigenvalue weighted by Gasteiger charge is 2.02. The maximum atomic E-state index is 3.46. The van der Waals surface area contributed by atoms with Crippen molar-refractivity contribution >= 4 is 10.9 Å². The second kappa shape index (κ2) is 8.11. The lowest BCUT2D eigenvalue weighted by molar-refractivity contribution is 0.593. The average molecular weight is 272 g/mol. The van der Waals surface area contributed by atoms with Crippen LogP contribution in [-0.4, -0.2) is 11.1 Å². The number of aromatic nitrogens is 1. The van der Waals surface area contributed by atoms with E-state index in [1.54, 1.807) is 0 Å². The fraction of sp³-hybridized carbons (Fsp3) is 0.556. The minimum Gasteiger partial charge on any atom is -0.347 e. The van der Waals surface area contributed by atoms with Gasteiger partial charge in [-0.25, -0.2) is 0 Å². The summed E-state index contributed by atoms with van der Waals surface area (Å²) in [6, 6.07) is 9.10.